The van der Waals surface area contributed by atoms with Crippen molar-refractivity contribution in [1.82, 2.24) is 14.5 Å². The number of fused-ring (bicyclic) bond motifs is 1. The number of aryl methyl sites for hydroxylation is 1. The van der Waals surface area contributed by atoms with Crippen LogP contribution in [0.15, 0.2) is 70.8 Å². The number of thiophene rings is 1. The van der Waals surface area contributed by atoms with Crippen molar-refractivity contribution in [3.63, 3.8) is 0 Å². The summed E-state index contributed by atoms with van der Waals surface area (Å²) in [4.78, 5) is 22.5. The molecule has 0 N–H and O–H groups in total. The Morgan fingerprint density at radius 1 is 1.09 bits per heavy atom. The summed E-state index contributed by atoms with van der Waals surface area (Å²) in [5.74, 6) is -0.107. The van der Waals surface area contributed by atoms with Gasteiger partial charge in [0, 0.05) is 38.1 Å². The summed E-state index contributed by atoms with van der Waals surface area (Å²) in [6.07, 6.45) is 1.42. The van der Waals surface area contributed by atoms with Gasteiger partial charge in [0.2, 0.25) is 11.7 Å². The minimum atomic E-state index is -0.303. The first-order chi connectivity index (χ1) is 16.4. The number of ether oxygens (including phenoxy) is 1. The first-order valence-electron chi connectivity index (χ1n) is 10.5. The van der Waals surface area contributed by atoms with Crippen molar-refractivity contribution in [3.05, 3.63) is 93.5 Å². The van der Waals surface area contributed by atoms with Crippen LogP contribution in [-0.4, -0.2) is 26.9 Å². The molecule has 8 heteroatoms. The van der Waals surface area contributed by atoms with E-state index in [0.29, 0.717) is 16.8 Å². The highest BCUT2D eigenvalue weighted by molar-refractivity contribution is 9.10. The molecule has 3 aromatic heterocycles. The molecule has 0 spiro atoms. The lowest BCUT2D eigenvalue weighted by Crippen LogP contribution is -2.13. The fourth-order valence-electron chi connectivity index (χ4n) is 4.04. The maximum Gasteiger partial charge on any atom is 0.226 e. The quantitative estimate of drug-likeness (QED) is 0.221. The van der Waals surface area contributed by atoms with E-state index in [1.807, 2.05) is 54.1 Å². The summed E-state index contributed by atoms with van der Waals surface area (Å²) in [5.41, 5.74) is 5.08. The lowest BCUT2D eigenvalue weighted by molar-refractivity contribution is 0.0918. The molecule has 0 fully saturated rings. The zero-order valence-corrected chi connectivity index (χ0v) is 20.8. The van der Waals surface area contributed by atoms with Gasteiger partial charge in [-0.2, -0.15) is 0 Å². The number of carbonyl (C=O) groups excluding carboxylic acids is 1. The van der Waals surface area contributed by atoms with E-state index in [2.05, 4.69) is 25.9 Å². The Balaban J connectivity index is 1.43. The third-order valence-electron chi connectivity index (χ3n) is 5.65. The van der Waals surface area contributed by atoms with Gasteiger partial charge < -0.3 is 9.30 Å². The molecule has 5 rings (SSSR count). The molecule has 0 amide bonds. The standard InChI is InChI=1S/C26H19BrFN3O2S/c1-15-11-21(16(2)31(15)20-9-5-18(27)6-10-20)23(32)12-33-25-24-22(13-34-26(24)30-14-29-25)17-3-7-19(28)8-4-17/h3-11,13-14H,12H2,1-2H3. The molecule has 0 saturated carbocycles. The van der Waals surface area contributed by atoms with E-state index >= 15 is 0 Å². The van der Waals surface area contributed by atoms with Gasteiger partial charge >= 0.3 is 0 Å². The maximum atomic E-state index is 13.4. The molecule has 0 saturated heterocycles. The van der Waals surface area contributed by atoms with Crippen LogP contribution in [0.5, 0.6) is 5.88 Å². The van der Waals surface area contributed by atoms with Gasteiger partial charge in [-0.1, -0.05) is 28.1 Å². The van der Waals surface area contributed by atoms with Gasteiger partial charge in [-0.3, -0.25) is 4.79 Å². The number of nitrogens with zero attached hydrogens (tertiary/aromatic N) is 3. The first-order valence-corrected chi connectivity index (χ1v) is 12.2. The van der Waals surface area contributed by atoms with E-state index < -0.39 is 0 Å². The highest BCUT2D eigenvalue weighted by Gasteiger charge is 2.19. The Bertz CT molecular complexity index is 1510. The summed E-state index contributed by atoms with van der Waals surface area (Å²) in [5, 5.41) is 2.65. The second-order valence-corrected chi connectivity index (χ2v) is 9.60. The Morgan fingerprint density at radius 2 is 1.82 bits per heavy atom. The Kier molecular flexibility index (Phi) is 6.02. The van der Waals surface area contributed by atoms with Crippen LogP contribution in [0, 0.1) is 19.7 Å². The minimum absolute atomic E-state index is 0.137. The molecule has 5 aromatic rings. The van der Waals surface area contributed by atoms with Crippen molar-refractivity contribution in [2.24, 2.45) is 0 Å². The van der Waals surface area contributed by atoms with Crippen LogP contribution >= 0.6 is 27.3 Å². The number of Topliss-reactive ketones (excluding diaryl/α,β-unsaturated/α-hetero) is 1. The molecule has 5 nitrogen and oxygen atoms in total. The van der Waals surface area contributed by atoms with Gasteiger partial charge in [0.15, 0.2) is 6.61 Å². The third kappa shape index (κ3) is 4.15. The van der Waals surface area contributed by atoms with Crippen LogP contribution in [0.2, 0.25) is 0 Å². The summed E-state index contributed by atoms with van der Waals surface area (Å²) < 4.78 is 22.4. The number of ketones is 1. The number of halogens is 2. The molecule has 2 aromatic carbocycles. The molecule has 0 unspecified atom stereocenters. The molecular formula is C26H19BrFN3O2S. The van der Waals surface area contributed by atoms with E-state index in [1.54, 1.807) is 12.1 Å². The molecule has 34 heavy (non-hydrogen) atoms. The molecule has 0 aliphatic carbocycles. The smallest absolute Gasteiger partial charge is 0.226 e. The second-order valence-electron chi connectivity index (χ2n) is 7.82. The number of benzene rings is 2. The second kappa shape index (κ2) is 9.12. The molecule has 0 bridgehead atoms. The van der Waals surface area contributed by atoms with E-state index in [1.165, 1.54) is 29.8 Å². The molecule has 0 aliphatic rings. The molecule has 0 aliphatic heterocycles. The summed E-state index contributed by atoms with van der Waals surface area (Å²) in [7, 11) is 0. The van der Waals surface area contributed by atoms with Crippen molar-refractivity contribution in [2.45, 2.75) is 13.8 Å². The average Bonchev–Trinajstić information content (AvgIpc) is 3.40. The predicted octanol–water partition coefficient (Wildman–Crippen LogP) is 6.93. The van der Waals surface area contributed by atoms with Gasteiger partial charge in [-0.25, -0.2) is 14.4 Å². The van der Waals surface area contributed by atoms with Crippen LogP contribution in [0.25, 0.3) is 27.0 Å². The van der Waals surface area contributed by atoms with E-state index in [-0.39, 0.29) is 18.2 Å². The fraction of sp³-hybridized carbons (Fsp3) is 0.115. The largest absolute Gasteiger partial charge is 0.469 e. The SMILES string of the molecule is Cc1cc(C(=O)COc2ncnc3scc(-c4ccc(F)cc4)c23)c(C)n1-c1ccc(Br)cc1. The monoisotopic (exact) mass is 535 g/mol. The summed E-state index contributed by atoms with van der Waals surface area (Å²) >= 11 is 4.90. The highest BCUT2D eigenvalue weighted by Crippen LogP contribution is 2.37. The van der Waals surface area contributed by atoms with Crippen LogP contribution in [0.3, 0.4) is 0 Å². The Morgan fingerprint density at radius 3 is 2.56 bits per heavy atom. The maximum absolute atomic E-state index is 13.4. The van der Waals surface area contributed by atoms with Gasteiger partial charge in [0.1, 0.15) is 17.0 Å². The third-order valence-corrected chi connectivity index (χ3v) is 7.06. The van der Waals surface area contributed by atoms with Gasteiger partial charge in [-0.05, 0) is 61.9 Å². The molecule has 0 atom stereocenters. The zero-order valence-electron chi connectivity index (χ0n) is 18.4. The van der Waals surface area contributed by atoms with Crippen LogP contribution in [0.4, 0.5) is 4.39 Å². The number of rotatable bonds is 6. The lowest BCUT2D eigenvalue weighted by atomic mass is 10.1. The van der Waals surface area contributed by atoms with E-state index in [0.717, 1.165) is 37.5 Å². The summed E-state index contributed by atoms with van der Waals surface area (Å²) in [6.45, 7) is 3.74. The average molecular weight is 536 g/mol. The van der Waals surface area contributed by atoms with Crippen molar-refractivity contribution >= 4 is 43.3 Å². The number of aromatic nitrogens is 3. The Hall–Kier alpha value is -3.36. The predicted molar refractivity (Wildman–Crippen MR) is 136 cm³/mol. The van der Waals surface area contributed by atoms with Gasteiger partial charge in [-0.15, -0.1) is 11.3 Å². The van der Waals surface area contributed by atoms with Crippen molar-refractivity contribution in [1.29, 1.82) is 0 Å². The molecule has 170 valence electrons. The topological polar surface area (TPSA) is 57.0 Å². The normalized spacial score (nSPS) is 11.2. The molecular weight excluding hydrogens is 517 g/mol. The van der Waals surface area contributed by atoms with Crippen LogP contribution in [-0.2, 0) is 0 Å². The first kappa shape index (κ1) is 22.4. The number of carbonyl (C=O) groups is 1. The lowest BCUT2D eigenvalue weighted by Gasteiger charge is -2.10. The zero-order chi connectivity index (χ0) is 23.8. The van der Waals surface area contributed by atoms with Crippen LogP contribution in [0.1, 0.15) is 21.7 Å². The minimum Gasteiger partial charge on any atom is -0.469 e. The highest BCUT2D eigenvalue weighted by atomic mass is 79.9. The van der Waals surface area contributed by atoms with Gasteiger partial charge in [0.25, 0.3) is 0 Å². The van der Waals surface area contributed by atoms with Crippen LogP contribution < -0.4 is 4.74 Å². The van der Waals surface area contributed by atoms with E-state index in [4.69, 9.17) is 4.74 Å². The molecule has 3 heterocycles. The van der Waals surface area contributed by atoms with E-state index in [9.17, 15) is 9.18 Å². The number of hydrogen-bond donors (Lipinski definition) is 0. The Labute approximate surface area is 208 Å². The van der Waals surface area contributed by atoms with Crippen molar-refractivity contribution < 1.29 is 13.9 Å². The van der Waals surface area contributed by atoms with Crippen molar-refractivity contribution in [3.8, 4) is 22.7 Å². The summed E-state index contributed by atoms with van der Waals surface area (Å²) in [6, 6.07) is 16.1. The van der Waals surface area contributed by atoms with Gasteiger partial charge in [0.05, 0.1) is 5.39 Å². The van der Waals surface area contributed by atoms with Crippen molar-refractivity contribution in [2.75, 3.05) is 6.61 Å². The number of hydrogen-bond acceptors (Lipinski definition) is 5. The molecule has 0 radical (unpaired) electrons. The fourth-order valence-corrected chi connectivity index (χ4v) is 5.21.